The summed E-state index contributed by atoms with van der Waals surface area (Å²) in [6.07, 6.45) is 6.33. The summed E-state index contributed by atoms with van der Waals surface area (Å²) in [5.74, 6) is 0.587. The molecule has 0 spiro atoms. The highest BCUT2D eigenvalue weighted by molar-refractivity contribution is 4.80. The second kappa shape index (κ2) is 6.72. The Morgan fingerprint density at radius 1 is 1.06 bits per heavy atom. The summed E-state index contributed by atoms with van der Waals surface area (Å²) in [6.45, 7) is 9.05. The van der Waals surface area contributed by atoms with Gasteiger partial charge in [-0.1, -0.05) is 19.8 Å². The van der Waals surface area contributed by atoms with E-state index in [1.807, 2.05) is 0 Å². The highest BCUT2D eigenvalue weighted by atomic mass is 16.3. The summed E-state index contributed by atoms with van der Waals surface area (Å²) in [5.41, 5.74) is 0. The van der Waals surface area contributed by atoms with E-state index in [-0.39, 0.29) is 6.10 Å². The third-order valence-corrected chi connectivity index (χ3v) is 4.39. The summed E-state index contributed by atoms with van der Waals surface area (Å²) in [7, 11) is 0. The monoisotopic (exact) mass is 240 g/mol. The number of β-amino-alcohol motifs (C(OH)–C–C–N with tert-alkyl or cyclic N) is 1. The molecule has 1 saturated heterocycles. The first kappa shape index (κ1) is 13.3. The molecule has 1 aliphatic heterocycles. The summed E-state index contributed by atoms with van der Waals surface area (Å²) in [6, 6.07) is 0. The third kappa shape index (κ3) is 3.94. The number of piperazine rings is 1. The Morgan fingerprint density at radius 2 is 1.65 bits per heavy atom. The fraction of sp³-hybridized carbons (Fsp3) is 1.00. The first-order valence-corrected chi connectivity index (χ1v) is 7.42. The maximum absolute atomic E-state index is 10.2. The molecule has 2 rings (SSSR count). The van der Waals surface area contributed by atoms with E-state index in [0.29, 0.717) is 5.92 Å². The van der Waals surface area contributed by atoms with Crippen LogP contribution in [0.15, 0.2) is 0 Å². The van der Waals surface area contributed by atoms with Crippen LogP contribution in [0, 0.1) is 5.92 Å². The van der Waals surface area contributed by atoms with Gasteiger partial charge >= 0.3 is 0 Å². The van der Waals surface area contributed by atoms with E-state index in [0.717, 1.165) is 19.6 Å². The predicted molar refractivity (Wildman–Crippen MR) is 71.1 cm³/mol. The topological polar surface area (TPSA) is 26.7 Å². The minimum atomic E-state index is -0.0739. The van der Waals surface area contributed by atoms with E-state index in [1.54, 1.807) is 0 Å². The van der Waals surface area contributed by atoms with Crippen LogP contribution in [0.1, 0.15) is 39.0 Å². The van der Waals surface area contributed by atoms with Crippen molar-refractivity contribution in [2.75, 3.05) is 39.3 Å². The van der Waals surface area contributed by atoms with Gasteiger partial charge in [0.15, 0.2) is 0 Å². The number of hydrogen-bond donors (Lipinski definition) is 1. The van der Waals surface area contributed by atoms with Crippen LogP contribution in [0.2, 0.25) is 0 Å². The summed E-state index contributed by atoms with van der Waals surface area (Å²) < 4.78 is 0. The zero-order valence-electron chi connectivity index (χ0n) is 11.3. The maximum atomic E-state index is 10.2. The van der Waals surface area contributed by atoms with Gasteiger partial charge < -0.3 is 10.0 Å². The van der Waals surface area contributed by atoms with E-state index in [9.17, 15) is 5.11 Å². The highest BCUT2D eigenvalue weighted by Gasteiger charge is 2.26. The molecule has 2 aliphatic rings. The molecule has 0 aromatic heterocycles. The van der Waals surface area contributed by atoms with Crippen molar-refractivity contribution in [3.63, 3.8) is 0 Å². The average Bonchev–Trinajstić information content (AvgIpc) is 2.86. The van der Waals surface area contributed by atoms with Gasteiger partial charge in [-0.3, -0.25) is 4.90 Å². The van der Waals surface area contributed by atoms with E-state index in [1.165, 1.54) is 51.7 Å². The summed E-state index contributed by atoms with van der Waals surface area (Å²) in [4.78, 5) is 4.99. The number of aliphatic hydroxyl groups excluding tert-OH is 1. The number of aliphatic hydroxyl groups is 1. The van der Waals surface area contributed by atoms with Gasteiger partial charge in [0.2, 0.25) is 0 Å². The molecule has 1 aliphatic carbocycles. The molecule has 0 radical (unpaired) electrons. The second-order valence-corrected chi connectivity index (χ2v) is 5.75. The number of nitrogens with zero attached hydrogens (tertiary/aromatic N) is 2. The van der Waals surface area contributed by atoms with Gasteiger partial charge in [-0.25, -0.2) is 0 Å². The molecule has 0 aromatic carbocycles. The standard InChI is InChI=1S/C14H28N2O/c1-2-7-15-8-10-16(11-9-15)12-14(17)13-5-3-4-6-13/h13-14,17H,2-12H2,1H3. The lowest BCUT2D eigenvalue weighted by Gasteiger charge is -2.36. The van der Waals surface area contributed by atoms with Crippen molar-refractivity contribution < 1.29 is 5.11 Å². The third-order valence-electron chi connectivity index (χ3n) is 4.39. The van der Waals surface area contributed by atoms with Gasteiger partial charge in [0, 0.05) is 32.7 Å². The van der Waals surface area contributed by atoms with Crippen molar-refractivity contribution in [1.29, 1.82) is 0 Å². The Kier molecular flexibility index (Phi) is 5.26. The van der Waals surface area contributed by atoms with Crippen LogP contribution in [0.4, 0.5) is 0 Å². The van der Waals surface area contributed by atoms with Gasteiger partial charge in [-0.2, -0.15) is 0 Å². The van der Waals surface area contributed by atoms with Crippen LogP contribution in [-0.2, 0) is 0 Å². The minimum Gasteiger partial charge on any atom is -0.392 e. The van der Waals surface area contributed by atoms with Gasteiger partial charge in [-0.15, -0.1) is 0 Å². The van der Waals surface area contributed by atoms with Crippen molar-refractivity contribution in [2.24, 2.45) is 5.92 Å². The summed E-state index contributed by atoms with van der Waals surface area (Å²) in [5, 5.41) is 10.2. The maximum Gasteiger partial charge on any atom is 0.0695 e. The molecule has 1 N–H and O–H groups in total. The van der Waals surface area contributed by atoms with Crippen molar-refractivity contribution in [3.8, 4) is 0 Å². The van der Waals surface area contributed by atoms with Gasteiger partial charge in [0.1, 0.15) is 0 Å². The van der Waals surface area contributed by atoms with Crippen LogP contribution in [0.3, 0.4) is 0 Å². The Balaban J connectivity index is 1.66. The molecular formula is C14H28N2O. The minimum absolute atomic E-state index is 0.0739. The lowest BCUT2D eigenvalue weighted by molar-refractivity contribution is 0.0425. The molecule has 17 heavy (non-hydrogen) atoms. The van der Waals surface area contributed by atoms with Gasteiger partial charge in [0.25, 0.3) is 0 Å². The molecule has 2 fully saturated rings. The lowest BCUT2D eigenvalue weighted by Crippen LogP contribution is -2.49. The molecule has 1 unspecified atom stereocenters. The van der Waals surface area contributed by atoms with E-state index in [2.05, 4.69) is 16.7 Å². The lowest BCUT2D eigenvalue weighted by atomic mass is 10.0. The zero-order chi connectivity index (χ0) is 12.1. The Hall–Kier alpha value is -0.120. The fourth-order valence-electron chi connectivity index (χ4n) is 3.27. The van der Waals surface area contributed by atoms with Crippen LogP contribution >= 0.6 is 0 Å². The molecule has 0 aromatic rings. The summed E-state index contributed by atoms with van der Waals surface area (Å²) >= 11 is 0. The molecule has 0 bridgehead atoms. The molecule has 3 nitrogen and oxygen atoms in total. The zero-order valence-corrected chi connectivity index (χ0v) is 11.3. The normalized spacial score (nSPS) is 26.5. The van der Waals surface area contributed by atoms with Crippen molar-refractivity contribution in [1.82, 2.24) is 9.80 Å². The Morgan fingerprint density at radius 3 is 2.24 bits per heavy atom. The SMILES string of the molecule is CCCN1CCN(CC(O)C2CCCC2)CC1. The van der Waals surface area contributed by atoms with Gasteiger partial charge in [0.05, 0.1) is 6.10 Å². The second-order valence-electron chi connectivity index (χ2n) is 5.75. The molecule has 3 heteroatoms. The molecule has 1 saturated carbocycles. The first-order valence-electron chi connectivity index (χ1n) is 7.42. The van der Waals surface area contributed by atoms with Crippen molar-refractivity contribution >= 4 is 0 Å². The predicted octanol–water partition coefficient (Wildman–Crippen LogP) is 1.57. The Labute approximate surface area is 106 Å². The number of rotatable bonds is 5. The van der Waals surface area contributed by atoms with E-state index < -0.39 is 0 Å². The van der Waals surface area contributed by atoms with Crippen molar-refractivity contribution in [3.05, 3.63) is 0 Å². The van der Waals surface area contributed by atoms with Crippen LogP contribution < -0.4 is 0 Å². The van der Waals surface area contributed by atoms with Gasteiger partial charge in [-0.05, 0) is 31.7 Å². The molecule has 100 valence electrons. The first-order chi connectivity index (χ1) is 8.29. The fourth-order valence-corrected chi connectivity index (χ4v) is 3.27. The molecule has 1 heterocycles. The van der Waals surface area contributed by atoms with Crippen molar-refractivity contribution in [2.45, 2.75) is 45.1 Å². The highest BCUT2D eigenvalue weighted by Crippen LogP contribution is 2.28. The van der Waals surface area contributed by atoms with Crippen LogP contribution in [-0.4, -0.2) is 60.3 Å². The van der Waals surface area contributed by atoms with E-state index in [4.69, 9.17) is 0 Å². The number of hydrogen-bond acceptors (Lipinski definition) is 3. The molecule has 0 amide bonds. The van der Waals surface area contributed by atoms with Crippen LogP contribution in [0.5, 0.6) is 0 Å². The van der Waals surface area contributed by atoms with Crippen LogP contribution in [0.25, 0.3) is 0 Å². The molecular weight excluding hydrogens is 212 g/mol. The Bertz CT molecular complexity index is 208. The van der Waals surface area contributed by atoms with E-state index >= 15 is 0 Å². The average molecular weight is 240 g/mol. The smallest absolute Gasteiger partial charge is 0.0695 e. The largest absolute Gasteiger partial charge is 0.392 e. The molecule has 1 atom stereocenters. The quantitative estimate of drug-likeness (QED) is 0.790.